The number of anilines is 1. The number of aromatic nitrogens is 1. The maximum absolute atomic E-state index is 5.12. The molecule has 0 aliphatic carbocycles. The summed E-state index contributed by atoms with van der Waals surface area (Å²) in [6.07, 6.45) is 1.92. The third kappa shape index (κ3) is 3.44. The van der Waals surface area contributed by atoms with Gasteiger partial charge in [-0.25, -0.2) is 4.98 Å². The Morgan fingerprint density at radius 3 is 3.00 bits per heavy atom. The van der Waals surface area contributed by atoms with Crippen molar-refractivity contribution in [2.75, 3.05) is 32.7 Å². The summed E-state index contributed by atoms with van der Waals surface area (Å²) < 4.78 is 5.12. The lowest BCUT2D eigenvalue weighted by Crippen LogP contribution is -2.32. The summed E-state index contributed by atoms with van der Waals surface area (Å²) in [6.45, 7) is 3.73. The third-order valence-electron chi connectivity index (χ3n) is 2.26. The lowest BCUT2D eigenvalue weighted by Gasteiger charge is -2.23. The first-order valence-electron chi connectivity index (χ1n) is 5.00. The van der Waals surface area contributed by atoms with Gasteiger partial charge in [-0.3, -0.25) is 0 Å². The fourth-order valence-electron chi connectivity index (χ4n) is 1.26. The van der Waals surface area contributed by atoms with Crippen molar-refractivity contribution in [2.24, 2.45) is 0 Å². The molecule has 0 saturated carbocycles. The second-order valence-corrected chi connectivity index (χ2v) is 4.65. The van der Waals surface area contributed by atoms with Gasteiger partial charge in [0.1, 0.15) is 0 Å². The highest BCUT2D eigenvalue weighted by Gasteiger charge is 2.12. The SMILES string of the molecule is CNCc1cnc(N(C)C(C)COC)s1. The third-order valence-corrected chi connectivity index (χ3v) is 3.35. The van der Waals surface area contributed by atoms with Crippen molar-refractivity contribution in [3.63, 3.8) is 0 Å². The summed E-state index contributed by atoms with van der Waals surface area (Å²) in [6, 6.07) is 0.351. The molecule has 0 aromatic carbocycles. The van der Waals surface area contributed by atoms with Gasteiger partial charge in [0, 0.05) is 31.8 Å². The Labute approximate surface area is 95.3 Å². The number of hydrogen-bond donors (Lipinski definition) is 1. The summed E-state index contributed by atoms with van der Waals surface area (Å²) in [4.78, 5) is 7.79. The molecular formula is C10H19N3OS. The lowest BCUT2D eigenvalue weighted by molar-refractivity contribution is 0.183. The summed E-state index contributed by atoms with van der Waals surface area (Å²) in [5.41, 5.74) is 0. The van der Waals surface area contributed by atoms with Crippen LogP contribution in [0.3, 0.4) is 0 Å². The van der Waals surface area contributed by atoms with E-state index in [2.05, 4.69) is 22.1 Å². The van der Waals surface area contributed by atoms with Gasteiger partial charge in [-0.15, -0.1) is 11.3 Å². The minimum Gasteiger partial charge on any atom is -0.383 e. The fraction of sp³-hybridized carbons (Fsp3) is 0.700. The quantitative estimate of drug-likeness (QED) is 0.798. The number of rotatable bonds is 6. The average molecular weight is 229 g/mol. The van der Waals surface area contributed by atoms with E-state index in [9.17, 15) is 0 Å². The molecule has 0 bridgehead atoms. The molecule has 15 heavy (non-hydrogen) atoms. The molecule has 0 radical (unpaired) electrons. The normalized spacial score (nSPS) is 12.8. The van der Waals surface area contributed by atoms with Gasteiger partial charge in [-0.1, -0.05) is 0 Å². The lowest BCUT2D eigenvalue weighted by atomic mass is 10.3. The van der Waals surface area contributed by atoms with Crippen LogP contribution in [0.1, 0.15) is 11.8 Å². The van der Waals surface area contributed by atoms with E-state index in [0.717, 1.165) is 18.3 Å². The molecule has 1 aromatic rings. The molecule has 0 aliphatic heterocycles. The van der Waals surface area contributed by atoms with E-state index in [4.69, 9.17) is 4.74 Å². The molecule has 0 amide bonds. The van der Waals surface area contributed by atoms with E-state index >= 15 is 0 Å². The van der Waals surface area contributed by atoms with Crippen LogP contribution in [-0.4, -0.2) is 38.8 Å². The van der Waals surface area contributed by atoms with Crippen LogP contribution in [0, 0.1) is 0 Å². The van der Waals surface area contributed by atoms with Crippen molar-refractivity contribution in [3.05, 3.63) is 11.1 Å². The molecule has 1 unspecified atom stereocenters. The largest absolute Gasteiger partial charge is 0.383 e. The van der Waals surface area contributed by atoms with E-state index < -0.39 is 0 Å². The highest BCUT2D eigenvalue weighted by Crippen LogP contribution is 2.22. The first kappa shape index (κ1) is 12.4. The second-order valence-electron chi connectivity index (χ2n) is 3.55. The van der Waals surface area contributed by atoms with Gasteiger partial charge in [0.05, 0.1) is 12.6 Å². The Kier molecular flexibility index (Phi) is 5.01. The Bertz CT molecular complexity index is 290. The maximum Gasteiger partial charge on any atom is 0.185 e. The molecule has 0 fully saturated rings. The first-order valence-corrected chi connectivity index (χ1v) is 5.81. The molecule has 0 spiro atoms. The molecule has 5 heteroatoms. The maximum atomic E-state index is 5.12. The Hall–Kier alpha value is -0.650. The van der Waals surface area contributed by atoms with E-state index in [1.807, 2.05) is 20.3 Å². The van der Waals surface area contributed by atoms with Crippen LogP contribution in [0.2, 0.25) is 0 Å². The number of hydrogen-bond acceptors (Lipinski definition) is 5. The van der Waals surface area contributed by atoms with Gasteiger partial charge >= 0.3 is 0 Å². The summed E-state index contributed by atoms with van der Waals surface area (Å²) in [7, 11) is 5.71. The van der Waals surface area contributed by atoms with Crippen molar-refractivity contribution >= 4 is 16.5 Å². The van der Waals surface area contributed by atoms with Crippen LogP contribution in [-0.2, 0) is 11.3 Å². The zero-order valence-electron chi connectivity index (χ0n) is 9.78. The van der Waals surface area contributed by atoms with Crippen LogP contribution in [0.25, 0.3) is 0 Å². The molecule has 1 aromatic heterocycles. The van der Waals surface area contributed by atoms with Crippen molar-refractivity contribution in [2.45, 2.75) is 19.5 Å². The molecule has 86 valence electrons. The van der Waals surface area contributed by atoms with Crippen molar-refractivity contribution in [3.8, 4) is 0 Å². The summed E-state index contributed by atoms with van der Waals surface area (Å²) >= 11 is 1.72. The zero-order valence-corrected chi connectivity index (χ0v) is 10.6. The topological polar surface area (TPSA) is 37.4 Å². The van der Waals surface area contributed by atoms with Gasteiger partial charge in [-0.05, 0) is 14.0 Å². The number of likely N-dealkylation sites (N-methyl/N-ethyl adjacent to an activating group) is 1. The van der Waals surface area contributed by atoms with Gasteiger partial charge in [0.25, 0.3) is 0 Å². The molecule has 4 nitrogen and oxygen atoms in total. The minimum absolute atomic E-state index is 0.351. The van der Waals surface area contributed by atoms with Gasteiger partial charge in [0.15, 0.2) is 5.13 Å². The number of ether oxygens (including phenoxy) is 1. The van der Waals surface area contributed by atoms with Gasteiger partial charge in [0.2, 0.25) is 0 Å². The molecule has 1 heterocycles. The molecule has 1 N–H and O–H groups in total. The summed E-state index contributed by atoms with van der Waals surface area (Å²) in [5, 5.41) is 4.16. The van der Waals surface area contributed by atoms with Crippen LogP contribution in [0.4, 0.5) is 5.13 Å². The number of methoxy groups -OCH3 is 1. The highest BCUT2D eigenvalue weighted by molar-refractivity contribution is 7.15. The van der Waals surface area contributed by atoms with Crippen molar-refractivity contribution in [1.82, 2.24) is 10.3 Å². The standard InChI is InChI=1S/C10H19N3OS/c1-8(7-14-4)13(3)10-12-6-9(15-10)5-11-2/h6,8,11H,5,7H2,1-4H3. The first-order chi connectivity index (χ1) is 7.19. The summed E-state index contributed by atoms with van der Waals surface area (Å²) in [5.74, 6) is 0. The fourth-order valence-corrected chi connectivity index (χ4v) is 2.24. The Morgan fingerprint density at radius 2 is 2.40 bits per heavy atom. The molecule has 1 rings (SSSR count). The number of nitrogens with one attached hydrogen (secondary N) is 1. The van der Waals surface area contributed by atoms with E-state index in [1.165, 1.54) is 4.88 Å². The van der Waals surface area contributed by atoms with Crippen LogP contribution >= 0.6 is 11.3 Å². The molecule has 0 aliphatic rings. The van der Waals surface area contributed by atoms with Crippen LogP contribution in [0.5, 0.6) is 0 Å². The van der Waals surface area contributed by atoms with Gasteiger partial charge in [-0.2, -0.15) is 0 Å². The average Bonchev–Trinajstić information content (AvgIpc) is 2.66. The van der Waals surface area contributed by atoms with E-state index in [1.54, 1.807) is 18.4 Å². The van der Waals surface area contributed by atoms with Crippen molar-refractivity contribution < 1.29 is 4.74 Å². The van der Waals surface area contributed by atoms with Crippen LogP contribution < -0.4 is 10.2 Å². The Morgan fingerprint density at radius 1 is 1.67 bits per heavy atom. The highest BCUT2D eigenvalue weighted by atomic mass is 32.1. The predicted octanol–water partition coefficient (Wildman–Crippen LogP) is 1.33. The number of thiazole rings is 1. The zero-order chi connectivity index (χ0) is 11.3. The Balaban J connectivity index is 2.60. The number of nitrogens with zero attached hydrogens (tertiary/aromatic N) is 2. The predicted molar refractivity (Wildman–Crippen MR) is 64.6 cm³/mol. The van der Waals surface area contributed by atoms with E-state index in [-0.39, 0.29) is 0 Å². The molecule has 1 atom stereocenters. The minimum atomic E-state index is 0.351. The molecule has 0 saturated heterocycles. The van der Waals surface area contributed by atoms with E-state index in [0.29, 0.717) is 6.04 Å². The van der Waals surface area contributed by atoms with Crippen LogP contribution in [0.15, 0.2) is 6.20 Å². The monoisotopic (exact) mass is 229 g/mol. The smallest absolute Gasteiger partial charge is 0.185 e. The van der Waals surface area contributed by atoms with Crippen molar-refractivity contribution in [1.29, 1.82) is 0 Å². The second kappa shape index (κ2) is 6.05. The molecular weight excluding hydrogens is 210 g/mol. The van der Waals surface area contributed by atoms with Gasteiger partial charge < -0.3 is 15.0 Å².